The molecule has 19 heavy (non-hydrogen) atoms. The van der Waals surface area contributed by atoms with Gasteiger partial charge in [-0.3, -0.25) is 0 Å². The van der Waals surface area contributed by atoms with E-state index in [1.807, 2.05) is 0 Å². The highest BCUT2D eigenvalue weighted by Gasteiger charge is 2.14. The van der Waals surface area contributed by atoms with Gasteiger partial charge in [0.25, 0.3) is 0 Å². The predicted molar refractivity (Wildman–Crippen MR) is 66.7 cm³/mol. The van der Waals surface area contributed by atoms with Crippen LogP contribution in [0.25, 0.3) is 0 Å². The van der Waals surface area contributed by atoms with E-state index >= 15 is 0 Å². The van der Waals surface area contributed by atoms with E-state index < -0.39 is 23.4 Å². The molecule has 0 saturated heterocycles. The second-order valence-electron chi connectivity index (χ2n) is 3.73. The van der Waals surface area contributed by atoms with E-state index in [1.165, 1.54) is 11.0 Å². The molecule has 0 unspecified atom stereocenters. The second kappa shape index (κ2) is 6.69. The van der Waals surface area contributed by atoms with E-state index in [1.54, 1.807) is 6.92 Å². The molecule has 1 aromatic rings. The van der Waals surface area contributed by atoms with E-state index in [9.17, 15) is 14.0 Å². The summed E-state index contributed by atoms with van der Waals surface area (Å²) in [5.41, 5.74) is -0.330. The zero-order valence-corrected chi connectivity index (χ0v) is 10.4. The Morgan fingerprint density at radius 1 is 1.42 bits per heavy atom. The number of carboxylic acid groups (broad SMARTS) is 1. The van der Waals surface area contributed by atoms with Gasteiger partial charge in [0, 0.05) is 18.8 Å². The largest absolute Gasteiger partial charge is 0.478 e. The standard InChI is InChI=1S/C12H15FN2O4/c1-2-15(5-6-16)12(19)14-8-3-4-10(13)9(7-8)11(17)18/h3-4,7,16H,2,5-6H2,1H3,(H,14,19)(H,17,18). The topological polar surface area (TPSA) is 89.9 Å². The van der Waals surface area contributed by atoms with Crippen molar-refractivity contribution in [1.29, 1.82) is 0 Å². The molecule has 0 aliphatic carbocycles. The van der Waals surface area contributed by atoms with Gasteiger partial charge in [0.2, 0.25) is 0 Å². The number of rotatable bonds is 5. The first kappa shape index (κ1) is 14.9. The molecule has 0 radical (unpaired) electrons. The monoisotopic (exact) mass is 270 g/mol. The van der Waals surface area contributed by atoms with Gasteiger partial charge in [0.05, 0.1) is 12.2 Å². The third-order valence-corrected chi connectivity index (χ3v) is 2.49. The third-order valence-electron chi connectivity index (χ3n) is 2.49. The number of anilines is 1. The molecule has 0 aliphatic heterocycles. The van der Waals surface area contributed by atoms with Gasteiger partial charge in [0.1, 0.15) is 5.82 Å². The number of aromatic carboxylic acids is 1. The highest BCUT2D eigenvalue weighted by molar-refractivity contribution is 5.93. The Labute approximate surface area is 109 Å². The molecule has 7 heteroatoms. The summed E-state index contributed by atoms with van der Waals surface area (Å²) in [7, 11) is 0. The van der Waals surface area contributed by atoms with Crippen LogP contribution >= 0.6 is 0 Å². The lowest BCUT2D eigenvalue weighted by Gasteiger charge is -2.20. The van der Waals surface area contributed by atoms with Crippen molar-refractivity contribution in [3.8, 4) is 0 Å². The Kier molecular flexibility index (Phi) is 5.25. The van der Waals surface area contributed by atoms with Gasteiger partial charge in [-0.25, -0.2) is 14.0 Å². The van der Waals surface area contributed by atoms with Crippen molar-refractivity contribution < 1.29 is 24.2 Å². The molecule has 0 heterocycles. The number of hydrogen-bond donors (Lipinski definition) is 3. The van der Waals surface area contributed by atoms with Gasteiger partial charge in [-0.05, 0) is 25.1 Å². The minimum atomic E-state index is -1.41. The van der Waals surface area contributed by atoms with Crippen LogP contribution in [0.4, 0.5) is 14.9 Å². The summed E-state index contributed by atoms with van der Waals surface area (Å²) in [4.78, 5) is 23.9. The van der Waals surface area contributed by atoms with Crippen molar-refractivity contribution in [2.75, 3.05) is 25.0 Å². The number of urea groups is 1. The van der Waals surface area contributed by atoms with Crippen LogP contribution in [0.2, 0.25) is 0 Å². The molecule has 1 rings (SSSR count). The quantitative estimate of drug-likeness (QED) is 0.753. The summed E-state index contributed by atoms with van der Waals surface area (Å²) >= 11 is 0. The maximum Gasteiger partial charge on any atom is 0.338 e. The number of likely N-dealkylation sites (N-methyl/N-ethyl adjacent to an activating group) is 1. The molecule has 3 N–H and O–H groups in total. The number of halogens is 1. The molecule has 0 saturated carbocycles. The number of aliphatic hydroxyl groups excluding tert-OH is 1. The van der Waals surface area contributed by atoms with Crippen molar-refractivity contribution in [1.82, 2.24) is 4.90 Å². The van der Waals surface area contributed by atoms with E-state index in [0.717, 1.165) is 12.1 Å². The van der Waals surface area contributed by atoms with Crippen LogP contribution in [-0.4, -0.2) is 46.8 Å². The van der Waals surface area contributed by atoms with Crippen molar-refractivity contribution in [2.24, 2.45) is 0 Å². The Balaban J connectivity index is 2.85. The van der Waals surface area contributed by atoms with E-state index in [0.29, 0.717) is 6.54 Å². The summed E-state index contributed by atoms with van der Waals surface area (Å²) in [5, 5.41) is 20.0. The van der Waals surface area contributed by atoms with Crippen LogP contribution in [0.1, 0.15) is 17.3 Å². The van der Waals surface area contributed by atoms with Crippen LogP contribution in [-0.2, 0) is 0 Å². The summed E-state index contributed by atoms with van der Waals surface area (Å²) in [5.74, 6) is -2.27. The Morgan fingerprint density at radius 3 is 2.63 bits per heavy atom. The van der Waals surface area contributed by atoms with Crippen molar-refractivity contribution >= 4 is 17.7 Å². The molecule has 0 aromatic heterocycles. The van der Waals surface area contributed by atoms with E-state index in [4.69, 9.17) is 10.2 Å². The second-order valence-corrected chi connectivity index (χ2v) is 3.73. The summed E-state index contributed by atoms with van der Waals surface area (Å²) in [6, 6.07) is 2.80. The number of hydrogen-bond acceptors (Lipinski definition) is 3. The molecule has 0 bridgehead atoms. The van der Waals surface area contributed by atoms with Crippen molar-refractivity contribution in [2.45, 2.75) is 6.92 Å². The predicted octanol–water partition coefficient (Wildman–Crippen LogP) is 1.37. The Morgan fingerprint density at radius 2 is 2.11 bits per heavy atom. The number of nitrogens with one attached hydrogen (secondary N) is 1. The van der Waals surface area contributed by atoms with Crippen LogP contribution < -0.4 is 5.32 Å². The number of carboxylic acids is 1. The maximum atomic E-state index is 13.2. The number of amides is 2. The first-order valence-electron chi connectivity index (χ1n) is 5.69. The molecular formula is C12H15FN2O4. The van der Waals surface area contributed by atoms with Crippen LogP contribution in [0, 0.1) is 5.82 Å². The van der Waals surface area contributed by atoms with Gasteiger partial charge in [-0.15, -0.1) is 0 Å². The first-order valence-corrected chi connectivity index (χ1v) is 5.69. The van der Waals surface area contributed by atoms with Gasteiger partial charge < -0.3 is 20.4 Å². The average Bonchev–Trinajstić information content (AvgIpc) is 2.37. The van der Waals surface area contributed by atoms with E-state index in [2.05, 4.69) is 5.32 Å². The molecule has 0 fully saturated rings. The summed E-state index contributed by atoms with van der Waals surface area (Å²) in [6.45, 7) is 2.11. The zero-order chi connectivity index (χ0) is 14.4. The molecule has 6 nitrogen and oxygen atoms in total. The minimum absolute atomic E-state index is 0.162. The lowest BCUT2D eigenvalue weighted by Crippen LogP contribution is -2.36. The highest BCUT2D eigenvalue weighted by Crippen LogP contribution is 2.15. The Bertz CT molecular complexity index is 479. The molecule has 104 valence electrons. The lowest BCUT2D eigenvalue weighted by molar-refractivity contribution is 0.0692. The van der Waals surface area contributed by atoms with Gasteiger partial charge in [-0.2, -0.15) is 0 Å². The number of carbonyl (C=O) groups excluding carboxylic acids is 1. The van der Waals surface area contributed by atoms with Crippen molar-refractivity contribution in [3.05, 3.63) is 29.6 Å². The SMILES string of the molecule is CCN(CCO)C(=O)Nc1ccc(F)c(C(=O)O)c1. The minimum Gasteiger partial charge on any atom is -0.478 e. The molecular weight excluding hydrogens is 255 g/mol. The highest BCUT2D eigenvalue weighted by atomic mass is 19.1. The van der Waals surface area contributed by atoms with E-state index in [-0.39, 0.29) is 18.8 Å². The smallest absolute Gasteiger partial charge is 0.338 e. The normalized spacial score (nSPS) is 10.1. The van der Waals surface area contributed by atoms with Crippen LogP contribution in [0.3, 0.4) is 0 Å². The average molecular weight is 270 g/mol. The van der Waals surface area contributed by atoms with Crippen LogP contribution in [0.15, 0.2) is 18.2 Å². The lowest BCUT2D eigenvalue weighted by atomic mass is 10.2. The fraction of sp³-hybridized carbons (Fsp3) is 0.333. The maximum absolute atomic E-state index is 13.2. The van der Waals surface area contributed by atoms with Gasteiger partial charge >= 0.3 is 12.0 Å². The van der Waals surface area contributed by atoms with Crippen molar-refractivity contribution in [3.63, 3.8) is 0 Å². The third kappa shape index (κ3) is 3.92. The first-order chi connectivity index (χ1) is 8.99. The number of aliphatic hydroxyl groups is 1. The number of benzene rings is 1. The number of nitrogens with zero attached hydrogens (tertiary/aromatic N) is 1. The van der Waals surface area contributed by atoms with Crippen LogP contribution in [0.5, 0.6) is 0 Å². The molecule has 1 aromatic carbocycles. The summed E-state index contributed by atoms with van der Waals surface area (Å²) < 4.78 is 13.2. The fourth-order valence-electron chi connectivity index (χ4n) is 1.49. The molecule has 2 amide bonds. The fourth-order valence-corrected chi connectivity index (χ4v) is 1.49. The molecule has 0 spiro atoms. The zero-order valence-electron chi connectivity index (χ0n) is 10.4. The summed E-state index contributed by atoms with van der Waals surface area (Å²) in [6.07, 6.45) is 0. The number of carbonyl (C=O) groups is 2. The molecule has 0 atom stereocenters. The van der Waals surface area contributed by atoms with Gasteiger partial charge in [0.15, 0.2) is 0 Å². The van der Waals surface area contributed by atoms with Gasteiger partial charge in [-0.1, -0.05) is 0 Å². The Hall–Kier alpha value is -2.15. The molecule has 0 aliphatic rings.